The Hall–Kier alpha value is -2.57. The molecule has 0 saturated heterocycles. The topological polar surface area (TPSA) is 59.3 Å². The molecule has 0 amide bonds. The van der Waals surface area contributed by atoms with Gasteiger partial charge in [-0.25, -0.2) is 4.79 Å². The Morgan fingerprint density at radius 3 is 2.33 bits per heavy atom. The van der Waals surface area contributed by atoms with Gasteiger partial charge in [-0.1, -0.05) is 29.8 Å². The molecule has 1 atom stereocenters. The van der Waals surface area contributed by atoms with E-state index >= 15 is 0 Å². The summed E-state index contributed by atoms with van der Waals surface area (Å²) >= 11 is 0. The number of aryl methyl sites for hydroxylation is 2. The lowest BCUT2D eigenvalue weighted by Gasteiger charge is -2.17. The maximum atomic E-state index is 12.8. The molecule has 0 radical (unpaired) electrons. The van der Waals surface area contributed by atoms with Crippen molar-refractivity contribution in [3.8, 4) is 0 Å². The zero-order valence-corrected chi connectivity index (χ0v) is 12.9. The van der Waals surface area contributed by atoms with Gasteiger partial charge in [0.05, 0.1) is 5.56 Å². The number of carbonyl (C=O) groups is 1. The molecule has 0 aliphatic carbocycles. The predicted molar refractivity (Wildman–Crippen MR) is 81.9 cm³/mol. The van der Waals surface area contributed by atoms with Crippen molar-refractivity contribution in [3.63, 3.8) is 0 Å². The van der Waals surface area contributed by atoms with Gasteiger partial charge in [-0.2, -0.15) is 13.2 Å². The number of alkyl halides is 3. The Morgan fingerprint density at radius 1 is 1.17 bits per heavy atom. The summed E-state index contributed by atoms with van der Waals surface area (Å²) in [6.07, 6.45) is -3.73. The molecule has 2 rings (SSSR count). The molecule has 0 aliphatic heterocycles. The Balaban J connectivity index is 2.29. The first kappa shape index (κ1) is 17.8. The zero-order valence-electron chi connectivity index (χ0n) is 12.9. The molecular formula is C17H16F3NO3. The van der Waals surface area contributed by atoms with Gasteiger partial charge < -0.3 is 9.67 Å². The number of hydrogen-bond donors (Lipinski definition) is 1. The van der Waals surface area contributed by atoms with Crippen LogP contribution in [-0.4, -0.2) is 15.6 Å². The molecule has 2 aromatic rings. The average molecular weight is 339 g/mol. The largest absolute Gasteiger partial charge is 0.480 e. The number of pyridine rings is 1. The summed E-state index contributed by atoms with van der Waals surface area (Å²) in [6, 6.07) is 7.40. The van der Waals surface area contributed by atoms with E-state index in [0.29, 0.717) is 23.3 Å². The molecule has 0 bridgehead atoms. The minimum atomic E-state index is -4.64. The van der Waals surface area contributed by atoms with E-state index in [9.17, 15) is 27.9 Å². The fourth-order valence-electron chi connectivity index (χ4n) is 2.35. The summed E-state index contributed by atoms with van der Waals surface area (Å²) < 4.78 is 39.0. The maximum Gasteiger partial charge on any atom is 0.417 e. The molecule has 4 nitrogen and oxygen atoms in total. The minimum Gasteiger partial charge on any atom is -0.480 e. The number of nitrogens with zero attached hydrogens (tertiary/aromatic N) is 1. The number of benzene rings is 1. The number of carboxylic acid groups (broad SMARTS) is 1. The average Bonchev–Trinajstić information content (AvgIpc) is 2.49. The van der Waals surface area contributed by atoms with Crippen molar-refractivity contribution < 1.29 is 23.1 Å². The van der Waals surface area contributed by atoms with Crippen molar-refractivity contribution in [2.24, 2.45) is 0 Å². The predicted octanol–water partition coefficient (Wildman–Crippen LogP) is 3.43. The first-order chi connectivity index (χ1) is 11.2. The van der Waals surface area contributed by atoms with E-state index in [4.69, 9.17) is 0 Å². The van der Waals surface area contributed by atoms with Crippen LogP contribution < -0.4 is 5.56 Å². The van der Waals surface area contributed by atoms with E-state index < -0.39 is 29.3 Å². The zero-order chi connectivity index (χ0) is 17.9. The molecule has 128 valence electrons. The summed E-state index contributed by atoms with van der Waals surface area (Å²) in [7, 11) is 0. The SMILES string of the molecule is Cc1ccc(CCC(C(=O)O)n2cc(C(F)(F)F)ccc2=O)cc1. The van der Waals surface area contributed by atoms with Crippen LogP contribution in [0.1, 0.15) is 29.2 Å². The van der Waals surface area contributed by atoms with E-state index in [1.165, 1.54) is 0 Å². The first-order valence-electron chi connectivity index (χ1n) is 7.26. The summed E-state index contributed by atoms with van der Waals surface area (Å²) in [6.45, 7) is 1.91. The number of aliphatic carboxylic acids is 1. The van der Waals surface area contributed by atoms with Crippen molar-refractivity contribution >= 4 is 5.97 Å². The van der Waals surface area contributed by atoms with E-state index in [-0.39, 0.29) is 6.42 Å². The second-order valence-electron chi connectivity index (χ2n) is 5.54. The van der Waals surface area contributed by atoms with Gasteiger partial charge in [-0.15, -0.1) is 0 Å². The van der Waals surface area contributed by atoms with Gasteiger partial charge >= 0.3 is 12.1 Å². The van der Waals surface area contributed by atoms with Gasteiger partial charge in [0.2, 0.25) is 0 Å². The van der Waals surface area contributed by atoms with Gasteiger partial charge in [0.1, 0.15) is 6.04 Å². The lowest BCUT2D eigenvalue weighted by molar-refractivity contribution is -0.143. The number of carboxylic acids is 1. The van der Waals surface area contributed by atoms with Crippen LogP contribution >= 0.6 is 0 Å². The van der Waals surface area contributed by atoms with Gasteiger partial charge in [0.25, 0.3) is 5.56 Å². The van der Waals surface area contributed by atoms with Crippen molar-refractivity contribution in [2.75, 3.05) is 0 Å². The molecule has 0 aliphatic rings. The standard InChI is InChI=1S/C17H16F3NO3/c1-11-2-4-12(5-3-11)6-8-14(16(23)24)21-10-13(17(18,19)20)7-9-15(21)22/h2-5,7,9-10,14H,6,8H2,1H3,(H,23,24). The van der Waals surface area contributed by atoms with Crippen LogP contribution in [0.2, 0.25) is 0 Å². The highest BCUT2D eigenvalue weighted by Gasteiger charge is 2.32. The van der Waals surface area contributed by atoms with Crippen LogP contribution in [0.25, 0.3) is 0 Å². The fourth-order valence-corrected chi connectivity index (χ4v) is 2.35. The monoisotopic (exact) mass is 339 g/mol. The van der Waals surface area contributed by atoms with Crippen LogP contribution in [0.15, 0.2) is 47.4 Å². The highest BCUT2D eigenvalue weighted by molar-refractivity contribution is 5.71. The van der Waals surface area contributed by atoms with Gasteiger partial charge in [-0.05, 0) is 31.4 Å². The fraction of sp³-hybridized carbons (Fsp3) is 0.294. The van der Waals surface area contributed by atoms with Crippen LogP contribution in [-0.2, 0) is 17.4 Å². The molecule has 1 aromatic carbocycles. The molecule has 0 fully saturated rings. The van der Waals surface area contributed by atoms with Crippen molar-refractivity contribution in [1.82, 2.24) is 4.57 Å². The molecular weight excluding hydrogens is 323 g/mol. The Bertz CT molecular complexity index is 779. The van der Waals surface area contributed by atoms with Gasteiger partial charge in [-0.3, -0.25) is 4.79 Å². The molecule has 0 saturated carbocycles. The lowest BCUT2D eigenvalue weighted by Crippen LogP contribution is -2.30. The van der Waals surface area contributed by atoms with Crippen LogP contribution in [0.5, 0.6) is 0 Å². The highest BCUT2D eigenvalue weighted by atomic mass is 19.4. The molecule has 1 unspecified atom stereocenters. The molecule has 1 aromatic heterocycles. The number of halogens is 3. The van der Waals surface area contributed by atoms with E-state index in [1.54, 1.807) is 0 Å². The number of rotatable bonds is 5. The Morgan fingerprint density at radius 2 is 1.79 bits per heavy atom. The third-order valence-corrected chi connectivity index (χ3v) is 3.71. The van der Waals surface area contributed by atoms with Crippen molar-refractivity contribution in [1.29, 1.82) is 0 Å². The quantitative estimate of drug-likeness (QED) is 0.908. The summed E-state index contributed by atoms with van der Waals surface area (Å²) in [5.74, 6) is -1.34. The summed E-state index contributed by atoms with van der Waals surface area (Å²) in [5.41, 5.74) is 0.0671. The third-order valence-electron chi connectivity index (χ3n) is 3.71. The third kappa shape index (κ3) is 4.24. The smallest absolute Gasteiger partial charge is 0.417 e. The van der Waals surface area contributed by atoms with Crippen molar-refractivity contribution in [3.05, 3.63) is 69.6 Å². The highest BCUT2D eigenvalue weighted by Crippen LogP contribution is 2.29. The maximum absolute atomic E-state index is 12.8. The minimum absolute atomic E-state index is 0.0135. The normalized spacial score (nSPS) is 12.8. The summed E-state index contributed by atoms with van der Waals surface area (Å²) in [5, 5.41) is 9.33. The number of hydrogen-bond acceptors (Lipinski definition) is 2. The Labute approximate surface area is 136 Å². The second-order valence-corrected chi connectivity index (χ2v) is 5.54. The molecule has 0 spiro atoms. The van der Waals surface area contributed by atoms with E-state index in [1.807, 2.05) is 31.2 Å². The van der Waals surface area contributed by atoms with Gasteiger partial charge in [0.15, 0.2) is 0 Å². The van der Waals surface area contributed by atoms with E-state index in [2.05, 4.69) is 0 Å². The van der Waals surface area contributed by atoms with Crippen molar-refractivity contribution in [2.45, 2.75) is 32.0 Å². The number of aromatic nitrogens is 1. The van der Waals surface area contributed by atoms with E-state index in [0.717, 1.165) is 17.2 Å². The van der Waals surface area contributed by atoms with Crippen LogP contribution in [0.3, 0.4) is 0 Å². The van der Waals surface area contributed by atoms with Crippen LogP contribution in [0.4, 0.5) is 13.2 Å². The molecule has 1 N–H and O–H groups in total. The van der Waals surface area contributed by atoms with Gasteiger partial charge in [0, 0.05) is 12.3 Å². The summed E-state index contributed by atoms with van der Waals surface area (Å²) in [4.78, 5) is 23.3. The molecule has 1 heterocycles. The molecule has 7 heteroatoms. The van der Waals surface area contributed by atoms with Crippen LogP contribution in [0, 0.1) is 6.92 Å². The lowest BCUT2D eigenvalue weighted by atomic mass is 10.0. The second kappa shape index (κ2) is 6.90. The Kier molecular flexibility index (Phi) is 5.11. The molecule has 24 heavy (non-hydrogen) atoms. The first-order valence-corrected chi connectivity index (χ1v) is 7.26.